The summed E-state index contributed by atoms with van der Waals surface area (Å²) in [6.07, 6.45) is -0.585. The van der Waals surface area contributed by atoms with Gasteiger partial charge in [-0.1, -0.05) is 42.5 Å². The zero-order valence-corrected chi connectivity index (χ0v) is 14.2. The Morgan fingerprint density at radius 3 is 2.52 bits per heavy atom. The van der Waals surface area contributed by atoms with E-state index in [1.807, 2.05) is 30.3 Å². The van der Waals surface area contributed by atoms with E-state index in [1.165, 1.54) is 0 Å². The third-order valence-corrected chi connectivity index (χ3v) is 4.28. The Hall–Kier alpha value is -2.21. The number of ether oxygens (including phenoxy) is 1. The number of aliphatic hydroxyl groups excluding tert-OH is 1. The molecule has 1 aliphatic rings. The average Bonchev–Trinajstić information content (AvgIpc) is 2.67. The maximum Gasteiger partial charge on any atom is 0.196 e. The van der Waals surface area contributed by atoms with Crippen LogP contribution in [-0.2, 0) is 0 Å². The van der Waals surface area contributed by atoms with Gasteiger partial charge in [-0.3, -0.25) is 9.69 Å². The standard InChI is InChI=1S/C20H24N2O3/c23-17(14-22-12-10-21-11-13-22)15-25-19-9-5-4-8-18(19)20(24)16-6-2-1-3-7-16/h1-9,17,21,23H,10-15H2. The van der Waals surface area contributed by atoms with E-state index in [-0.39, 0.29) is 12.4 Å². The summed E-state index contributed by atoms with van der Waals surface area (Å²) in [5, 5.41) is 13.5. The first-order chi connectivity index (χ1) is 12.2. The normalized spacial score (nSPS) is 16.4. The number of nitrogens with one attached hydrogen (secondary N) is 1. The van der Waals surface area contributed by atoms with Gasteiger partial charge < -0.3 is 15.2 Å². The molecule has 25 heavy (non-hydrogen) atoms. The molecular formula is C20H24N2O3. The van der Waals surface area contributed by atoms with Crippen LogP contribution < -0.4 is 10.1 Å². The topological polar surface area (TPSA) is 61.8 Å². The van der Waals surface area contributed by atoms with E-state index in [4.69, 9.17) is 4.74 Å². The zero-order chi connectivity index (χ0) is 17.5. The number of β-amino-alcohol motifs (C(OH)–C–C–N with tert-alkyl or cyclic N) is 1. The summed E-state index contributed by atoms with van der Waals surface area (Å²) in [4.78, 5) is 14.9. The fourth-order valence-electron chi connectivity index (χ4n) is 2.96. The Bertz CT molecular complexity index is 684. The van der Waals surface area contributed by atoms with Crippen LogP contribution in [0.4, 0.5) is 0 Å². The van der Waals surface area contributed by atoms with Gasteiger partial charge in [-0.25, -0.2) is 0 Å². The minimum absolute atomic E-state index is 0.0761. The van der Waals surface area contributed by atoms with Gasteiger partial charge in [-0.15, -0.1) is 0 Å². The van der Waals surface area contributed by atoms with Crippen molar-refractivity contribution in [2.75, 3.05) is 39.3 Å². The van der Waals surface area contributed by atoms with Crippen molar-refractivity contribution in [2.24, 2.45) is 0 Å². The number of benzene rings is 2. The van der Waals surface area contributed by atoms with Gasteiger partial charge in [0.25, 0.3) is 0 Å². The van der Waals surface area contributed by atoms with E-state index in [0.29, 0.717) is 23.4 Å². The molecule has 0 radical (unpaired) electrons. The van der Waals surface area contributed by atoms with Crippen LogP contribution in [0.25, 0.3) is 0 Å². The molecule has 1 saturated heterocycles. The van der Waals surface area contributed by atoms with Crippen molar-refractivity contribution in [2.45, 2.75) is 6.10 Å². The third kappa shape index (κ3) is 4.89. The second-order valence-electron chi connectivity index (χ2n) is 6.21. The highest BCUT2D eigenvalue weighted by atomic mass is 16.5. The summed E-state index contributed by atoms with van der Waals surface area (Å²) in [6, 6.07) is 16.3. The van der Waals surface area contributed by atoms with Crippen molar-refractivity contribution in [3.63, 3.8) is 0 Å². The molecule has 0 aromatic heterocycles. The molecule has 1 atom stereocenters. The fraction of sp³-hybridized carbons (Fsp3) is 0.350. The lowest BCUT2D eigenvalue weighted by Crippen LogP contribution is -2.47. The summed E-state index contributed by atoms with van der Waals surface area (Å²) in [6.45, 7) is 4.50. The van der Waals surface area contributed by atoms with Crippen LogP contribution in [0.2, 0.25) is 0 Å². The lowest BCUT2D eigenvalue weighted by atomic mass is 10.0. The first-order valence-corrected chi connectivity index (χ1v) is 8.67. The number of hydrogen-bond donors (Lipinski definition) is 2. The van der Waals surface area contributed by atoms with Crippen molar-refractivity contribution >= 4 is 5.78 Å². The molecule has 0 bridgehead atoms. The van der Waals surface area contributed by atoms with E-state index in [0.717, 1.165) is 26.2 Å². The van der Waals surface area contributed by atoms with Crippen LogP contribution in [0.3, 0.4) is 0 Å². The first-order valence-electron chi connectivity index (χ1n) is 8.67. The van der Waals surface area contributed by atoms with Crippen molar-refractivity contribution in [1.82, 2.24) is 10.2 Å². The molecule has 1 heterocycles. The number of carbonyl (C=O) groups excluding carboxylic acids is 1. The summed E-state index contributed by atoms with van der Waals surface area (Å²) in [7, 11) is 0. The summed E-state index contributed by atoms with van der Waals surface area (Å²) < 4.78 is 5.77. The minimum Gasteiger partial charge on any atom is -0.490 e. The Morgan fingerprint density at radius 1 is 1.08 bits per heavy atom. The fourth-order valence-corrected chi connectivity index (χ4v) is 2.96. The van der Waals surface area contributed by atoms with E-state index in [1.54, 1.807) is 24.3 Å². The molecule has 0 saturated carbocycles. The molecule has 0 amide bonds. The molecular weight excluding hydrogens is 316 g/mol. The highest BCUT2D eigenvalue weighted by molar-refractivity contribution is 6.10. The van der Waals surface area contributed by atoms with Crippen LogP contribution in [0.5, 0.6) is 5.75 Å². The molecule has 1 unspecified atom stereocenters. The molecule has 0 spiro atoms. The zero-order valence-electron chi connectivity index (χ0n) is 14.2. The van der Waals surface area contributed by atoms with E-state index < -0.39 is 6.10 Å². The summed E-state index contributed by atoms with van der Waals surface area (Å²) >= 11 is 0. The summed E-state index contributed by atoms with van der Waals surface area (Å²) in [5.41, 5.74) is 1.14. The lowest BCUT2D eigenvalue weighted by Gasteiger charge is -2.29. The molecule has 2 aromatic rings. The number of rotatable bonds is 7. The SMILES string of the molecule is O=C(c1ccccc1)c1ccccc1OCC(O)CN1CCNCC1. The molecule has 0 aliphatic carbocycles. The van der Waals surface area contributed by atoms with Gasteiger partial charge in [0, 0.05) is 38.3 Å². The van der Waals surface area contributed by atoms with Gasteiger partial charge in [0.15, 0.2) is 5.78 Å². The quantitative estimate of drug-likeness (QED) is 0.749. The van der Waals surface area contributed by atoms with E-state index in [2.05, 4.69) is 10.2 Å². The maximum absolute atomic E-state index is 12.7. The molecule has 3 rings (SSSR count). The molecule has 1 fully saturated rings. The minimum atomic E-state index is -0.585. The number of piperazine rings is 1. The predicted molar refractivity (Wildman–Crippen MR) is 97.1 cm³/mol. The maximum atomic E-state index is 12.7. The highest BCUT2D eigenvalue weighted by Gasteiger charge is 2.17. The van der Waals surface area contributed by atoms with Gasteiger partial charge in [0.2, 0.25) is 0 Å². The van der Waals surface area contributed by atoms with Crippen LogP contribution >= 0.6 is 0 Å². The second-order valence-corrected chi connectivity index (χ2v) is 6.21. The molecule has 132 valence electrons. The number of para-hydroxylation sites is 1. The Balaban J connectivity index is 1.62. The van der Waals surface area contributed by atoms with Gasteiger partial charge in [0.1, 0.15) is 18.5 Å². The van der Waals surface area contributed by atoms with Gasteiger partial charge in [-0.05, 0) is 12.1 Å². The summed E-state index contributed by atoms with van der Waals surface area (Å²) in [5.74, 6) is 0.434. The van der Waals surface area contributed by atoms with Crippen LogP contribution in [0.1, 0.15) is 15.9 Å². The monoisotopic (exact) mass is 340 g/mol. The lowest BCUT2D eigenvalue weighted by molar-refractivity contribution is 0.0635. The van der Waals surface area contributed by atoms with Crippen LogP contribution in [0.15, 0.2) is 54.6 Å². The van der Waals surface area contributed by atoms with Gasteiger partial charge >= 0.3 is 0 Å². The average molecular weight is 340 g/mol. The number of hydrogen-bond acceptors (Lipinski definition) is 5. The number of carbonyl (C=O) groups is 1. The van der Waals surface area contributed by atoms with Crippen molar-refractivity contribution < 1.29 is 14.6 Å². The number of nitrogens with zero attached hydrogens (tertiary/aromatic N) is 1. The first kappa shape index (κ1) is 17.6. The predicted octanol–water partition coefficient (Wildman–Crippen LogP) is 1.56. The van der Waals surface area contributed by atoms with Crippen LogP contribution in [0, 0.1) is 0 Å². The second kappa shape index (κ2) is 8.76. The Kier molecular flexibility index (Phi) is 6.17. The van der Waals surface area contributed by atoms with Crippen molar-refractivity contribution in [1.29, 1.82) is 0 Å². The molecule has 1 aliphatic heterocycles. The molecule has 5 heteroatoms. The number of ketones is 1. The van der Waals surface area contributed by atoms with Crippen molar-refractivity contribution in [3.8, 4) is 5.75 Å². The third-order valence-electron chi connectivity index (χ3n) is 4.28. The van der Waals surface area contributed by atoms with Crippen LogP contribution in [-0.4, -0.2) is 61.2 Å². The highest BCUT2D eigenvalue weighted by Crippen LogP contribution is 2.21. The molecule has 2 N–H and O–H groups in total. The van der Waals surface area contributed by atoms with Gasteiger partial charge in [0.05, 0.1) is 5.56 Å². The Labute approximate surface area is 148 Å². The van der Waals surface area contributed by atoms with Gasteiger partial charge in [-0.2, -0.15) is 0 Å². The van der Waals surface area contributed by atoms with E-state index >= 15 is 0 Å². The molecule has 2 aromatic carbocycles. The Morgan fingerprint density at radius 2 is 1.76 bits per heavy atom. The van der Waals surface area contributed by atoms with E-state index in [9.17, 15) is 9.90 Å². The number of aliphatic hydroxyl groups is 1. The largest absolute Gasteiger partial charge is 0.490 e. The van der Waals surface area contributed by atoms with Crippen molar-refractivity contribution in [3.05, 3.63) is 65.7 Å². The molecule has 5 nitrogen and oxygen atoms in total. The smallest absolute Gasteiger partial charge is 0.196 e.